The van der Waals surface area contributed by atoms with Gasteiger partial charge in [0.2, 0.25) is 0 Å². The van der Waals surface area contributed by atoms with Crippen molar-refractivity contribution in [1.29, 1.82) is 0 Å². The van der Waals surface area contributed by atoms with E-state index in [1.807, 2.05) is 48.8 Å². The van der Waals surface area contributed by atoms with E-state index in [0.29, 0.717) is 6.04 Å². The molecule has 1 atom stereocenters. The summed E-state index contributed by atoms with van der Waals surface area (Å²) in [6.07, 6.45) is 22.3. The fraction of sp³-hybridized carbons (Fsp3) is 0.259. The normalized spacial score (nSPS) is 13.1. The summed E-state index contributed by atoms with van der Waals surface area (Å²) in [6, 6.07) is 8.76. The Labute approximate surface area is 216 Å². The van der Waals surface area contributed by atoms with Crippen molar-refractivity contribution in [3.63, 3.8) is 0 Å². The van der Waals surface area contributed by atoms with E-state index in [-0.39, 0.29) is 34.0 Å². The van der Waals surface area contributed by atoms with Crippen molar-refractivity contribution in [2.75, 3.05) is 6.54 Å². The van der Waals surface area contributed by atoms with Gasteiger partial charge in [0.05, 0.1) is 0 Å². The molecule has 0 aliphatic carbocycles. The molecule has 3 nitrogen and oxygen atoms in total. The average Bonchev–Trinajstić information content (AvgIpc) is 2.72. The first-order valence-electron chi connectivity index (χ1n) is 10.3. The number of aryl methyl sites for hydroxylation is 2. The lowest BCUT2D eigenvalue weighted by atomic mass is 10.2. The summed E-state index contributed by atoms with van der Waals surface area (Å²) >= 11 is 0. The molecule has 1 aliphatic rings. The van der Waals surface area contributed by atoms with Gasteiger partial charge in [0.15, 0.2) is 37.9 Å². The highest BCUT2D eigenvalue weighted by Crippen LogP contribution is 2.06. The molecule has 1 aliphatic heterocycles. The minimum Gasteiger partial charge on any atom is -1.00 e. The molecule has 0 spiro atoms. The topological polar surface area (TPSA) is 11.0 Å². The molecule has 2 aromatic rings. The van der Waals surface area contributed by atoms with Crippen LogP contribution in [0, 0.1) is 13.8 Å². The Morgan fingerprint density at radius 2 is 1.34 bits per heavy atom. The highest BCUT2D eigenvalue weighted by Gasteiger charge is 2.05. The number of pyridine rings is 2. The number of hydrogen-bond acceptors (Lipinski definition) is 1. The van der Waals surface area contributed by atoms with Crippen LogP contribution in [-0.4, -0.2) is 17.5 Å². The van der Waals surface area contributed by atoms with E-state index in [2.05, 4.69) is 97.4 Å². The standard InChI is InChI=1S/C9H13N.2C9H12N.2BrH/c1-3-7-10-8-5-4-6-9(10)2;2*1-3-6-10-7-4-5-9(2)8-10;;/h3-6,8-9H,1,7H2,2H3;2*3-5,7-8H,1,6H2,2H3;2*1H/q;2*+1;;/p-2. The summed E-state index contributed by atoms with van der Waals surface area (Å²) in [5, 5.41) is 0. The van der Waals surface area contributed by atoms with Crippen molar-refractivity contribution in [1.82, 2.24) is 4.90 Å². The molecule has 3 heterocycles. The van der Waals surface area contributed by atoms with Crippen molar-refractivity contribution in [3.05, 3.63) is 123 Å². The zero-order chi connectivity index (χ0) is 22.2. The highest BCUT2D eigenvalue weighted by molar-refractivity contribution is 5.12. The van der Waals surface area contributed by atoms with Crippen LogP contribution < -0.4 is 43.1 Å². The van der Waals surface area contributed by atoms with Crippen LogP contribution in [-0.2, 0) is 13.1 Å². The summed E-state index contributed by atoms with van der Waals surface area (Å²) in [6.45, 7) is 20.1. The third-order valence-electron chi connectivity index (χ3n) is 4.33. The van der Waals surface area contributed by atoms with E-state index in [1.54, 1.807) is 0 Å². The average molecular weight is 563 g/mol. The summed E-state index contributed by atoms with van der Waals surface area (Å²) < 4.78 is 4.20. The molecule has 0 amide bonds. The Morgan fingerprint density at radius 3 is 1.72 bits per heavy atom. The van der Waals surface area contributed by atoms with Crippen molar-refractivity contribution >= 4 is 0 Å². The Bertz CT molecular complexity index is 808. The second kappa shape index (κ2) is 19.4. The third kappa shape index (κ3) is 13.9. The van der Waals surface area contributed by atoms with E-state index in [4.69, 9.17) is 0 Å². The number of aromatic nitrogens is 2. The van der Waals surface area contributed by atoms with Crippen molar-refractivity contribution < 1.29 is 43.1 Å². The second-order valence-electron chi connectivity index (χ2n) is 7.19. The predicted molar refractivity (Wildman–Crippen MR) is 128 cm³/mol. The second-order valence-corrected chi connectivity index (χ2v) is 7.19. The van der Waals surface area contributed by atoms with Gasteiger partial charge in [-0.2, -0.15) is 0 Å². The Kier molecular flexibility index (Phi) is 19.4. The molecule has 0 saturated carbocycles. The fourth-order valence-corrected chi connectivity index (χ4v) is 2.84. The van der Waals surface area contributed by atoms with E-state index in [1.165, 1.54) is 11.1 Å². The summed E-state index contributed by atoms with van der Waals surface area (Å²) in [4.78, 5) is 2.23. The first-order valence-corrected chi connectivity index (χ1v) is 10.3. The van der Waals surface area contributed by atoms with Crippen LogP contribution in [0.5, 0.6) is 0 Å². The van der Waals surface area contributed by atoms with Gasteiger partial charge in [-0.3, -0.25) is 0 Å². The molecule has 32 heavy (non-hydrogen) atoms. The van der Waals surface area contributed by atoms with Gasteiger partial charge >= 0.3 is 0 Å². The molecule has 1 unspecified atom stereocenters. The van der Waals surface area contributed by atoms with Gasteiger partial charge in [-0.1, -0.05) is 31.4 Å². The Morgan fingerprint density at radius 1 is 0.844 bits per heavy atom. The van der Waals surface area contributed by atoms with Crippen LogP contribution >= 0.6 is 0 Å². The predicted octanol–water partition coefficient (Wildman–Crippen LogP) is -1.11. The quantitative estimate of drug-likeness (QED) is 0.321. The molecule has 0 N–H and O–H groups in total. The van der Waals surface area contributed by atoms with Gasteiger partial charge in [0.1, 0.15) is 0 Å². The van der Waals surface area contributed by atoms with Crippen molar-refractivity contribution in [2.45, 2.75) is 39.9 Å². The molecule has 0 radical (unpaired) electrons. The van der Waals surface area contributed by atoms with E-state index in [0.717, 1.165) is 19.6 Å². The molecular weight excluding hydrogens is 526 g/mol. The first-order chi connectivity index (χ1) is 14.5. The SMILES string of the molecule is C=CCN1C=CC=CC1C.C=CC[n+]1cccc(C)c1.C=CC[n+]1cccc(C)c1.[Br-].[Br-]. The molecule has 3 rings (SSSR count). The lowest BCUT2D eigenvalue weighted by molar-refractivity contribution is -0.687. The van der Waals surface area contributed by atoms with Crippen LogP contribution in [0.25, 0.3) is 0 Å². The Hall–Kier alpha value is -2.24. The van der Waals surface area contributed by atoms with Crippen LogP contribution in [0.15, 0.2) is 111 Å². The number of nitrogens with zero attached hydrogens (tertiary/aromatic N) is 3. The molecule has 0 aromatic carbocycles. The Balaban J connectivity index is 0. The fourth-order valence-electron chi connectivity index (χ4n) is 2.84. The number of halogens is 2. The van der Waals surface area contributed by atoms with Crippen LogP contribution in [0.4, 0.5) is 0 Å². The summed E-state index contributed by atoms with van der Waals surface area (Å²) in [5.74, 6) is 0. The van der Waals surface area contributed by atoms with Gasteiger partial charge in [0.25, 0.3) is 0 Å². The smallest absolute Gasteiger partial charge is 0.172 e. The van der Waals surface area contributed by atoms with E-state index >= 15 is 0 Å². The van der Waals surface area contributed by atoms with E-state index < -0.39 is 0 Å². The van der Waals surface area contributed by atoms with Gasteiger partial charge in [-0.05, 0) is 57.3 Å². The lowest BCUT2D eigenvalue weighted by Gasteiger charge is -2.25. The largest absolute Gasteiger partial charge is 1.00 e. The van der Waals surface area contributed by atoms with Gasteiger partial charge in [-0.25, -0.2) is 9.13 Å². The maximum Gasteiger partial charge on any atom is 0.172 e. The van der Waals surface area contributed by atoms with Crippen LogP contribution in [0.3, 0.4) is 0 Å². The number of rotatable bonds is 6. The minimum atomic E-state index is 0. The number of allylic oxidation sites excluding steroid dienone is 4. The zero-order valence-electron chi connectivity index (χ0n) is 19.6. The molecular formula is C27H37Br2N3. The van der Waals surface area contributed by atoms with Gasteiger partial charge < -0.3 is 38.9 Å². The molecule has 174 valence electrons. The zero-order valence-corrected chi connectivity index (χ0v) is 22.7. The summed E-state index contributed by atoms with van der Waals surface area (Å²) in [5.41, 5.74) is 2.56. The molecule has 5 heteroatoms. The minimum absolute atomic E-state index is 0. The molecule has 2 aromatic heterocycles. The lowest BCUT2D eigenvalue weighted by Crippen LogP contribution is -3.00. The van der Waals surface area contributed by atoms with Crippen molar-refractivity contribution in [3.8, 4) is 0 Å². The highest BCUT2D eigenvalue weighted by atomic mass is 79.9. The van der Waals surface area contributed by atoms with Gasteiger partial charge in [0, 0.05) is 35.8 Å². The maximum atomic E-state index is 3.69. The molecule has 0 bridgehead atoms. The first kappa shape index (κ1) is 31.9. The molecule has 0 saturated heterocycles. The van der Waals surface area contributed by atoms with E-state index in [9.17, 15) is 0 Å². The maximum absolute atomic E-state index is 3.69. The number of hydrogen-bond donors (Lipinski definition) is 0. The summed E-state index contributed by atoms with van der Waals surface area (Å²) in [7, 11) is 0. The molecule has 0 fully saturated rings. The van der Waals surface area contributed by atoms with Gasteiger partial charge in [-0.15, -0.1) is 6.58 Å². The monoisotopic (exact) mass is 561 g/mol. The van der Waals surface area contributed by atoms with Crippen molar-refractivity contribution in [2.24, 2.45) is 0 Å². The van der Waals surface area contributed by atoms with Crippen LogP contribution in [0.2, 0.25) is 0 Å². The van der Waals surface area contributed by atoms with Crippen LogP contribution in [0.1, 0.15) is 18.1 Å². The third-order valence-corrected chi connectivity index (χ3v) is 4.33.